The second kappa shape index (κ2) is 6.04. The Morgan fingerprint density at radius 2 is 1.89 bits per heavy atom. The Bertz CT molecular complexity index is 310. The number of carbonyl (C=O) groups is 2. The molecular formula is C12H21N3O3. The van der Waals surface area contributed by atoms with Crippen LogP contribution in [-0.2, 0) is 4.79 Å². The summed E-state index contributed by atoms with van der Waals surface area (Å²) < 4.78 is 0. The van der Waals surface area contributed by atoms with E-state index in [1.807, 2.05) is 0 Å². The highest BCUT2D eigenvalue weighted by molar-refractivity contribution is 5.79. The Balaban J connectivity index is 1.51. The van der Waals surface area contributed by atoms with E-state index in [4.69, 9.17) is 5.11 Å². The zero-order valence-corrected chi connectivity index (χ0v) is 10.6. The van der Waals surface area contributed by atoms with Gasteiger partial charge in [0.1, 0.15) is 0 Å². The fourth-order valence-electron chi connectivity index (χ4n) is 2.42. The van der Waals surface area contributed by atoms with Crippen LogP contribution in [0.5, 0.6) is 0 Å². The number of urea groups is 1. The van der Waals surface area contributed by atoms with Crippen LogP contribution < -0.4 is 5.32 Å². The molecule has 18 heavy (non-hydrogen) atoms. The van der Waals surface area contributed by atoms with Gasteiger partial charge in [-0.1, -0.05) is 0 Å². The Hall–Kier alpha value is -1.30. The molecule has 2 aliphatic heterocycles. The fourth-order valence-corrected chi connectivity index (χ4v) is 2.42. The summed E-state index contributed by atoms with van der Waals surface area (Å²) in [5.74, 6) is -1.19. The maximum absolute atomic E-state index is 11.6. The molecule has 0 aromatic heterocycles. The van der Waals surface area contributed by atoms with Crippen molar-refractivity contribution in [1.29, 1.82) is 0 Å². The zero-order chi connectivity index (χ0) is 13.0. The Morgan fingerprint density at radius 3 is 2.50 bits per heavy atom. The van der Waals surface area contributed by atoms with Gasteiger partial charge in [0.15, 0.2) is 0 Å². The van der Waals surface area contributed by atoms with Crippen molar-refractivity contribution in [3.05, 3.63) is 0 Å². The van der Waals surface area contributed by atoms with E-state index in [1.165, 1.54) is 25.9 Å². The standard InChI is InChI=1S/C12H21N3O3/c16-11(17)10-8-15(9-10)12(18)13-4-3-7-14-5-1-2-6-14/h10H,1-9H2,(H,13,18)(H,16,17). The molecule has 0 spiro atoms. The number of carboxylic acids is 1. The van der Waals surface area contributed by atoms with E-state index in [-0.39, 0.29) is 11.9 Å². The second-order valence-corrected chi connectivity index (χ2v) is 5.07. The summed E-state index contributed by atoms with van der Waals surface area (Å²) in [5, 5.41) is 11.5. The van der Waals surface area contributed by atoms with Crippen LogP contribution in [0.15, 0.2) is 0 Å². The second-order valence-electron chi connectivity index (χ2n) is 5.07. The number of carboxylic acid groups (broad SMARTS) is 1. The number of carbonyl (C=O) groups excluding carboxylic acids is 1. The average Bonchev–Trinajstić information content (AvgIpc) is 2.74. The predicted molar refractivity (Wildman–Crippen MR) is 66.4 cm³/mol. The van der Waals surface area contributed by atoms with Crippen molar-refractivity contribution in [3.8, 4) is 0 Å². The lowest BCUT2D eigenvalue weighted by Gasteiger charge is -2.36. The highest BCUT2D eigenvalue weighted by Crippen LogP contribution is 2.15. The van der Waals surface area contributed by atoms with Gasteiger partial charge < -0.3 is 20.2 Å². The number of likely N-dealkylation sites (tertiary alicyclic amines) is 2. The monoisotopic (exact) mass is 255 g/mol. The molecule has 2 saturated heterocycles. The van der Waals surface area contributed by atoms with Crippen LogP contribution in [0.3, 0.4) is 0 Å². The van der Waals surface area contributed by atoms with Gasteiger partial charge in [-0.3, -0.25) is 4.79 Å². The largest absolute Gasteiger partial charge is 0.481 e. The summed E-state index contributed by atoms with van der Waals surface area (Å²) in [4.78, 5) is 26.2. The topological polar surface area (TPSA) is 72.9 Å². The lowest BCUT2D eigenvalue weighted by molar-refractivity contribution is -0.146. The highest BCUT2D eigenvalue weighted by atomic mass is 16.4. The van der Waals surface area contributed by atoms with Crippen molar-refractivity contribution in [3.63, 3.8) is 0 Å². The van der Waals surface area contributed by atoms with Crippen LogP contribution >= 0.6 is 0 Å². The van der Waals surface area contributed by atoms with E-state index in [1.54, 1.807) is 4.90 Å². The van der Waals surface area contributed by atoms with Gasteiger partial charge in [0.05, 0.1) is 5.92 Å². The van der Waals surface area contributed by atoms with Crippen LogP contribution in [0.25, 0.3) is 0 Å². The minimum atomic E-state index is -0.812. The molecule has 2 N–H and O–H groups in total. The van der Waals surface area contributed by atoms with Crippen LogP contribution in [0.1, 0.15) is 19.3 Å². The molecule has 6 nitrogen and oxygen atoms in total. The van der Waals surface area contributed by atoms with E-state index in [9.17, 15) is 9.59 Å². The van der Waals surface area contributed by atoms with Gasteiger partial charge >= 0.3 is 12.0 Å². The third kappa shape index (κ3) is 3.35. The van der Waals surface area contributed by atoms with Crippen LogP contribution in [0.2, 0.25) is 0 Å². The molecule has 2 amide bonds. The molecule has 0 radical (unpaired) electrons. The van der Waals surface area contributed by atoms with E-state index in [0.717, 1.165) is 13.0 Å². The number of hydrogen-bond donors (Lipinski definition) is 2. The van der Waals surface area contributed by atoms with Crippen molar-refractivity contribution in [2.75, 3.05) is 39.3 Å². The molecular weight excluding hydrogens is 234 g/mol. The Labute approximate surface area is 107 Å². The Kier molecular flexibility index (Phi) is 4.41. The highest BCUT2D eigenvalue weighted by Gasteiger charge is 2.35. The van der Waals surface area contributed by atoms with E-state index < -0.39 is 5.97 Å². The van der Waals surface area contributed by atoms with Gasteiger partial charge in [-0.25, -0.2) is 4.79 Å². The van der Waals surface area contributed by atoms with Gasteiger partial charge in [-0.2, -0.15) is 0 Å². The van der Waals surface area contributed by atoms with Crippen molar-refractivity contribution in [1.82, 2.24) is 15.1 Å². The summed E-state index contributed by atoms with van der Waals surface area (Å²) in [6, 6.07) is -0.131. The van der Waals surface area contributed by atoms with Crippen LogP contribution in [0.4, 0.5) is 4.79 Å². The third-order valence-corrected chi connectivity index (χ3v) is 3.64. The molecule has 0 atom stereocenters. The Morgan fingerprint density at radius 1 is 1.22 bits per heavy atom. The predicted octanol–water partition coefficient (Wildman–Crippen LogP) is 0.198. The maximum Gasteiger partial charge on any atom is 0.317 e. The van der Waals surface area contributed by atoms with Gasteiger partial charge in [0, 0.05) is 19.6 Å². The third-order valence-electron chi connectivity index (χ3n) is 3.64. The summed E-state index contributed by atoms with van der Waals surface area (Å²) in [7, 11) is 0. The lowest BCUT2D eigenvalue weighted by Crippen LogP contribution is -2.56. The first-order valence-electron chi connectivity index (χ1n) is 6.65. The van der Waals surface area contributed by atoms with Crippen LogP contribution in [-0.4, -0.2) is 66.2 Å². The summed E-state index contributed by atoms with van der Waals surface area (Å²) >= 11 is 0. The van der Waals surface area contributed by atoms with Crippen molar-refractivity contribution in [2.45, 2.75) is 19.3 Å². The summed E-state index contributed by atoms with van der Waals surface area (Å²) in [6.07, 6.45) is 3.54. The molecule has 102 valence electrons. The summed E-state index contributed by atoms with van der Waals surface area (Å²) in [6.45, 7) is 4.75. The SMILES string of the molecule is O=C(O)C1CN(C(=O)NCCCN2CCCC2)C1. The molecule has 0 saturated carbocycles. The smallest absolute Gasteiger partial charge is 0.317 e. The van der Waals surface area contributed by atoms with E-state index in [0.29, 0.717) is 19.6 Å². The number of hydrogen-bond acceptors (Lipinski definition) is 3. The number of nitrogens with zero attached hydrogens (tertiary/aromatic N) is 2. The first kappa shape index (κ1) is 13.1. The van der Waals surface area contributed by atoms with Crippen molar-refractivity contribution in [2.24, 2.45) is 5.92 Å². The number of nitrogens with one attached hydrogen (secondary N) is 1. The van der Waals surface area contributed by atoms with E-state index in [2.05, 4.69) is 10.2 Å². The lowest BCUT2D eigenvalue weighted by atomic mass is 10.0. The minimum absolute atomic E-state index is 0.131. The molecule has 2 rings (SSSR count). The van der Waals surface area contributed by atoms with Gasteiger partial charge in [0.25, 0.3) is 0 Å². The van der Waals surface area contributed by atoms with Gasteiger partial charge in [-0.05, 0) is 38.9 Å². The van der Waals surface area contributed by atoms with Crippen LogP contribution in [0, 0.1) is 5.92 Å². The minimum Gasteiger partial charge on any atom is -0.481 e. The number of aliphatic carboxylic acids is 1. The first-order valence-corrected chi connectivity index (χ1v) is 6.65. The normalized spacial score (nSPS) is 20.8. The quantitative estimate of drug-likeness (QED) is 0.688. The van der Waals surface area contributed by atoms with Gasteiger partial charge in [-0.15, -0.1) is 0 Å². The molecule has 0 unspecified atom stereocenters. The average molecular weight is 255 g/mol. The van der Waals surface area contributed by atoms with Gasteiger partial charge in [0.2, 0.25) is 0 Å². The van der Waals surface area contributed by atoms with E-state index >= 15 is 0 Å². The first-order chi connectivity index (χ1) is 8.66. The maximum atomic E-state index is 11.6. The molecule has 6 heteroatoms. The molecule has 0 aromatic carbocycles. The molecule has 2 heterocycles. The molecule has 0 aromatic rings. The zero-order valence-electron chi connectivity index (χ0n) is 10.6. The van der Waals surface area contributed by atoms with Crippen molar-refractivity contribution >= 4 is 12.0 Å². The summed E-state index contributed by atoms with van der Waals surface area (Å²) in [5.41, 5.74) is 0. The molecule has 2 fully saturated rings. The molecule has 0 bridgehead atoms. The number of rotatable bonds is 5. The number of amides is 2. The molecule has 2 aliphatic rings. The molecule has 0 aliphatic carbocycles. The van der Waals surface area contributed by atoms with Crippen molar-refractivity contribution < 1.29 is 14.7 Å². The fraction of sp³-hybridized carbons (Fsp3) is 0.833.